The van der Waals surface area contributed by atoms with Crippen molar-refractivity contribution in [2.45, 2.75) is 19.6 Å². The lowest BCUT2D eigenvalue weighted by molar-refractivity contribution is -0.119. The fourth-order valence-corrected chi connectivity index (χ4v) is 1.36. The summed E-state index contributed by atoms with van der Waals surface area (Å²) in [6.45, 7) is 3.98. The van der Waals surface area contributed by atoms with Crippen molar-refractivity contribution < 1.29 is 14.2 Å². The molecular weight excluding hydrogens is 204 g/mol. The van der Waals surface area contributed by atoms with E-state index in [1.807, 2.05) is 13.8 Å². The van der Waals surface area contributed by atoms with Crippen molar-refractivity contribution in [1.82, 2.24) is 8.75 Å². The van der Waals surface area contributed by atoms with Gasteiger partial charge in [0.25, 0.3) is 0 Å². The molecule has 2 rings (SSSR count). The molecule has 14 heavy (non-hydrogen) atoms. The highest BCUT2D eigenvalue weighted by atomic mass is 32.1. The van der Waals surface area contributed by atoms with Crippen LogP contribution in [-0.4, -0.2) is 21.1 Å². The molecule has 0 bridgehead atoms. The second-order valence-electron chi connectivity index (χ2n) is 3.24. The minimum absolute atomic E-state index is 0.314. The van der Waals surface area contributed by atoms with Crippen molar-refractivity contribution in [1.29, 1.82) is 0 Å². The maximum atomic E-state index is 5.42. The molecule has 0 amide bonds. The van der Waals surface area contributed by atoms with E-state index in [1.165, 1.54) is 0 Å². The van der Waals surface area contributed by atoms with Gasteiger partial charge in [0, 0.05) is 13.8 Å². The second kappa shape index (κ2) is 3.45. The molecule has 76 valence electrons. The smallest absolute Gasteiger partial charge is 0.246 e. The number of aromatic nitrogens is 2. The largest absolute Gasteiger partial charge is 0.468 e. The maximum absolute atomic E-state index is 5.42. The molecule has 1 aromatic rings. The second-order valence-corrected chi connectivity index (χ2v) is 3.79. The van der Waals surface area contributed by atoms with Gasteiger partial charge in [0.2, 0.25) is 11.7 Å². The number of hydrogen-bond acceptors (Lipinski definition) is 6. The van der Waals surface area contributed by atoms with E-state index in [1.54, 1.807) is 12.5 Å². The molecule has 0 aromatic carbocycles. The fraction of sp³-hybridized carbons (Fsp3) is 0.500. The van der Waals surface area contributed by atoms with Gasteiger partial charge in [0.15, 0.2) is 12.4 Å². The van der Waals surface area contributed by atoms with E-state index in [9.17, 15) is 0 Å². The summed E-state index contributed by atoms with van der Waals surface area (Å²) in [4.78, 5) is 0. The van der Waals surface area contributed by atoms with Gasteiger partial charge >= 0.3 is 0 Å². The standard InChI is InChI=1S/C8H10N2O3S/c1-8(2)12-5-6(13-8)4-11-7-3-9-14-10-7/h3,5H,4H2,1-2H3. The quantitative estimate of drug-likeness (QED) is 0.764. The lowest BCUT2D eigenvalue weighted by atomic mass is 10.4. The molecule has 0 radical (unpaired) electrons. The van der Waals surface area contributed by atoms with E-state index in [4.69, 9.17) is 14.2 Å². The van der Waals surface area contributed by atoms with Crippen LogP contribution in [0.2, 0.25) is 0 Å². The van der Waals surface area contributed by atoms with Crippen LogP contribution in [-0.2, 0) is 9.47 Å². The van der Waals surface area contributed by atoms with Crippen molar-refractivity contribution in [3.63, 3.8) is 0 Å². The summed E-state index contributed by atoms with van der Waals surface area (Å²) in [5, 5.41) is 0. The van der Waals surface area contributed by atoms with Gasteiger partial charge in [0.05, 0.1) is 11.7 Å². The van der Waals surface area contributed by atoms with Crippen LogP contribution in [0.15, 0.2) is 18.2 Å². The molecule has 0 saturated carbocycles. The van der Waals surface area contributed by atoms with Gasteiger partial charge < -0.3 is 14.2 Å². The predicted octanol–water partition coefficient (Wildman–Crippen LogP) is 1.54. The Kier molecular flexibility index (Phi) is 2.28. The van der Waals surface area contributed by atoms with Gasteiger partial charge in [-0.1, -0.05) is 0 Å². The molecule has 5 nitrogen and oxygen atoms in total. The Labute approximate surface area is 85.6 Å². The Hall–Kier alpha value is -1.30. The molecule has 0 spiro atoms. The Bertz CT molecular complexity index is 334. The normalized spacial score (nSPS) is 18.3. The third kappa shape index (κ3) is 2.14. The lowest BCUT2D eigenvalue weighted by Crippen LogP contribution is -2.21. The van der Waals surface area contributed by atoms with Gasteiger partial charge in [0.1, 0.15) is 12.5 Å². The predicted molar refractivity (Wildman–Crippen MR) is 49.7 cm³/mol. The molecule has 0 N–H and O–H groups in total. The summed E-state index contributed by atoms with van der Waals surface area (Å²) in [7, 11) is 0. The topological polar surface area (TPSA) is 53.5 Å². The van der Waals surface area contributed by atoms with E-state index in [2.05, 4.69) is 8.75 Å². The van der Waals surface area contributed by atoms with Crippen LogP contribution in [0, 0.1) is 0 Å². The number of rotatable bonds is 3. The third-order valence-electron chi connectivity index (χ3n) is 1.55. The highest BCUT2D eigenvalue weighted by Gasteiger charge is 2.27. The Morgan fingerprint density at radius 3 is 3.00 bits per heavy atom. The van der Waals surface area contributed by atoms with Crippen LogP contribution < -0.4 is 4.74 Å². The molecule has 1 aliphatic heterocycles. The van der Waals surface area contributed by atoms with Gasteiger partial charge in [-0.2, -0.15) is 4.37 Å². The van der Waals surface area contributed by atoms with Crippen molar-refractivity contribution in [2.75, 3.05) is 6.61 Å². The third-order valence-corrected chi connectivity index (χ3v) is 2.02. The van der Waals surface area contributed by atoms with E-state index < -0.39 is 5.79 Å². The lowest BCUT2D eigenvalue weighted by Gasteiger charge is -2.17. The van der Waals surface area contributed by atoms with Gasteiger partial charge in [-0.3, -0.25) is 0 Å². The minimum Gasteiger partial charge on any atom is -0.468 e. The van der Waals surface area contributed by atoms with Crippen molar-refractivity contribution >= 4 is 11.7 Å². The molecule has 0 atom stereocenters. The summed E-state index contributed by atoms with van der Waals surface area (Å²) in [6, 6.07) is 0. The molecular formula is C8H10N2O3S. The Balaban J connectivity index is 1.83. The summed E-state index contributed by atoms with van der Waals surface area (Å²) in [5.41, 5.74) is 0. The number of hydrogen-bond donors (Lipinski definition) is 0. The van der Waals surface area contributed by atoms with Gasteiger partial charge in [-0.05, 0) is 0 Å². The van der Waals surface area contributed by atoms with Gasteiger partial charge in [-0.25, -0.2) is 0 Å². The van der Waals surface area contributed by atoms with Crippen LogP contribution in [0.5, 0.6) is 5.88 Å². The zero-order valence-corrected chi connectivity index (χ0v) is 8.71. The first-order valence-electron chi connectivity index (χ1n) is 4.12. The summed E-state index contributed by atoms with van der Waals surface area (Å²) in [6.07, 6.45) is 3.12. The van der Waals surface area contributed by atoms with E-state index in [0.29, 0.717) is 18.2 Å². The average Bonchev–Trinajstić information content (AvgIpc) is 2.70. The Morgan fingerprint density at radius 1 is 1.57 bits per heavy atom. The van der Waals surface area contributed by atoms with Crippen LogP contribution in [0.4, 0.5) is 0 Å². The molecule has 1 aliphatic rings. The molecule has 0 unspecified atom stereocenters. The SMILES string of the molecule is CC1(C)OC=C(COc2cnsn2)O1. The molecule has 1 aromatic heterocycles. The van der Waals surface area contributed by atoms with Gasteiger partial charge in [-0.15, -0.1) is 4.37 Å². The highest BCUT2D eigenvalue weighted by Crippen LogP contribution is 2.24. The molecule has 0 saturated heterocycles. The van der Waals surface area contributed by atoms with Crippen LogP contribution in [0.25, 0.3) is 0 Å². The molecule has 0 fully saturated rings. The first-order chi connectivity index (χ1) is 6.66. The van der Waals surface area contributed by atoms with E-state index >= 15 is 0 Å². The van der Waals surface area contributed by atoms with Crippen LogP contribution >= 0.6 is 11.7 Å². The monoisotopic (exact) mass is 214 g/mol. The fourth-order valence-electron chi connectivity index (χ4n) is 1.000. The maximum Gasteiger partial charge on any atom is 0.246 e. The minimum atomic E-state index is -0.584. The zero-order chi connectivity index (χ0) is 10.0. The number of nitrogens with zero attached hydrogens (tertiary/aromatic N) is 2. The van der Waals surface area contributed by atoms with E-state index in [0.717, 1.165) is 11.7 Å². The molecule has 0 aliphatic carbocycles. The van der Waals surface area contributed by atoms with Crippen molar-refractivity contribution in [3.8, 4) is 5.88 Å². The molecule has 2 heterocycles. The summed E-state index contributed by atoms with van der Waals surface area (Å²) >= 11 is 1.11. The van der Waals surface area contributed by atoms with Crippen LogP contribution in [0.1, 0.15) is 13.8 Å². The van der Waals surface area contributed by atoms with Crippen molar-refractivity contribution in [3.05, 3.63) is 18.2 Å². The summed E-state index contributed by atoms with van der Waals surface area (Å²) in [5.74, 6) is 0.575. The van der Waals surface area contributed by atoms with E-state index in [-0.39, 0.29) is 0 Å². The first-order valence-corrected chi connectivity index (χ1v) is 4.85. The number of ether oxygens (including phenoxy) is 3. The first kappa shape index (κ1) is 9.26. The van der Waals surface area contributed by atoms with Crippen molar-refractivity contribution in [2.24, 2.45) is 0 Å². The highest BCUT2D eigenvalue weighted by molar-refractivity contribution is 6.99. The summed E-state index contributed by atoms with van der Waals surface area (Å²) < 4.78 is 23.6. The molecule has 6 heteroatoms. The average molecular weight is 214 g/mol. The Morgan fingerprint density at radius 2 is 2.43 bits per heavy atom. The zero-order valence-electron chi connectivity index (χ0n) is 7.89. The van der Waals surface area contributed by atoms with Crippen LogP contribution in [0.3, 0.4) is 0 Å².